The molecule has 0 fully saturated rings. The van der Waals surface area contributed by atoms with Gasteiger partial charge in [0, 0.05) is 6.20 Å². The third-order valence-corrected chi connectivity index (χ3v) is 2.66. The molecule has 100 valence electrons. The molecule has 0 bridgehead atoms. The van der Waals surface area contributed by atoms with Crippen molar-refractivity contribution in [2.45, 2.75) is 38.7 Å². The third-order valence-electron chi connectivity index (χ3n) is 2.66. The summed E-state index contributed by atoms with van der Waals surface area (Å²) in [5, 5.41) is 9.62. The predicted octanol–water partition coefficient (Wildman–Crippen LogP) is 1.54. The summed E-state index contributed by atoms with van der Waals surface area (Å²) in [4.78, 5) is 15.3. The summed E-state index contributed by atoms with van der Waals surface area (Å²) in [7, 11) is 1.33. The van der Waals surface area contributed by atoms with Crippen molar-refractivity contribution in [3.63, 3.8) is 0 Å². The molecule has 1 aromatic heterocycles. The molecule has 5 nitrogen and oxygen atoms in total. The van der Waals surface area contributed by atoms with Gasteiger partial charge in [0.05, 0.1) is 18.3 Å². The van der Waals surface area contributed by atoms with Crippen LogP contribution in [0.2, 0.25) is 0 Å². The lowest BCUT2D eigenvalue weighted by molar-refractivity contribution is 0.0599. The monoisotopic (exact) mass is 252 g/mol. The van der Waals surface area contributed by atoms with E-state index in [1.165, 1.54) is 13.3 Å². The van der Waals surface area contributed by atoms with Gasteiger partial charge >= 0.3 is 5.97 Å². The van der Waals surface area contributed by atoms with E-state index in [0.29, 0.717) is 24.2 Å². The van der Waals surface area contributed by atoms with Crippen LogP contribution >= 0.6 is 0 Å². The third kappa shape index (κ3) is 4.33. The number of rotatable bonds is 5. The fourth-order valence-electron chi connectivity index (χ4n) is 1.66. The quantitative estimate of drug-likeness (QED) is 0.776. The molecule has 0 aliphatic carbocycles. The molecule has 0 aliphatic rings. The first-order valence-electron chi connectivity index (χ1n) is 5.88. The van der Waals surface area contributed by atoms with Crippen LogP contribution in [0.4, 0.5) is 5.82 Å². The Labute approximate surface area is 107 Å². The molecule has 0 aromatic carbocycles. The van der Waals surface area contributed by atoms with Crippen molar-refractivity contribution in [2.24, 2.45) is 0 Å². The van der Waals surface area contributed by atoms with Gasteiger partial charge in [-0.15, -0.1) is 0 Å². The minimum atomic E-state index is -0.692. The minimum Gasteiger partial charge on any atom is -0.465 e. The Morgan fingerprint density at radius 3 is 2.78 bits per heavy atom. The minimum absolute atomic E-state index is 0.393. The van der Waals surface area contributed by atoms with Crippen LogP contribution in [0.15, 0.2) is 12.3 Å². The highest BCUT2D eigenvalue weighted by molar-refractivity contribution is 5.89. The number of nitrogen functional groups attached to an aromatic ring is 1. The summed E-state index contributed by atoms with van der Waals surface area (Å²) in [6.45, 7) is 3.53. The number of aliphatic hydroxyl groups is 1. The van der Waals surface area contributed by atoms with E-state index in [1.54, 1.807) is 19.9 Å². The van der Waals surface area contributed by atoms with Gasteiger partial charge in [-0.1, -0.05) is 0 Å². The standard InChI is InChI=1S/C13H20N2O3/c1-13(2,17)6-4-5-9-7-10(12(16)18-3)8-15-11(9)14/h7-8,17H,4-6H2,1-3H3,(H2,14,15). The van der Waals surface area contributed by atoms with Crippen LogP contribution in [0.5, 0.6) is 0 Å². The van der Waals surface area contributed by atoms with Crippen molar-refractivity contribution < 1.29 is 14.6 Å². The second kappa shape index (κ2) is 5.82. The number of ether oxygens (including phenoxy) is 1. The molecule has 18 heavy (non-hydrogen) atoms. The first-order chi connectivity index (χ1) is 8.33. The summed E-state index contributed by atoms with van der Waals surface area (Å²) in [6, 6.07) is 1.69. The van der Waals surface area contributed by atoms with E-state index in [1.807, 2.05) is 0 Å². The number of carbonyl (C=O) groups is 1. The Kier molecular flexibility index (Phi) is 4.67. The van der Waals surface area contributed by atoms with Crippen LogP contribution < -0.4 is 5.73 Å². The molecule has 0 aliphatic heterocycles. The molecule has 1 rings (SSSR count). The highest BCUT2D eigenvalue weighted by Crippen LogP contribution is 2.18. The lowest BCUT2D eigenvalue weighted by Crippen LogP contribution is -2.18. The zero-order chi connectivity index (χ0) is 13.8. The predicted molar refractivity (Wildman–Crippen MR) is 69.2 cm³/mol. The summed E-state index contributed by atoms with van der Waals surface area (Å²) in [5.74, 6) is -0.00960. The van der Waals surface area contributed by atoms with Crippen LogP contribution in [-0.4, -0.2) is 28.8 Å². The zero-order valence-electron chi connectivity index (χ0n) is 11.1. The number of nitrogens with zero attached hydrogens (tertiary/aromatic N) is 1. The maximum absolute atomic E-state index is 11.4. The van der Waals surface area contributed by atoms with E-state index in [9.17, 15) is 9.90 Å². The summed E-state index contributed by atoms with van der Waals surface area (Å²) in [6.07, 6.45) is 3.52. The van der Waals surface area contributed by atoms with E-state index < -0.39 is 11.6 Å². The maximum atomic E-state index is 11.4. The van der Waals surface area contributed by atoms with Gasteiger partial charge in [-0.05, 0) is 44.7 Å². The van der Waals surface area contributed by atoms with Gasteiger partial charge in [-0.2, -0.15) is 0 Å². The van der Waals surface area contributed by atoms with Crippen LogP contribution in [0, 0.1) is 0 Å². The molecule has 0 atom stereocenters. The molecule has 0 saturated carbocycles. The number of aromatic nitrogens is 1. The maximum Gasteiger partial charge on any atom is 0.339 e. The SMILES string of the molecule is COC(=O)c1cnc(N)c(CCCC(C)(C)O)c1. The molecule has 0 amide bonds. The molecule has 1 aromatic rings. The fraction of sp³-hybridized carbons (Fsp3) is 0.538. The van der Waals surface area contributed by atoms with Gasteiger partial charge < -0.3 is 15.6 Å². The highest BCUT2D eigenvalue weighted by Gasteiger charge is 2.13. The Bertz CT molecular complexity index is 425. The number of methoxy groups -OCH3 is 1. The summed E-state index contributed by atoms with van der Waals surface area (Å²) in [5.41, 5.74) is 6.26. The fourth-order valence-corrected chi connectivity index (χ4v) is 1.66. The number of nitrogens with two attached hydrogens (primary N) is 1. The molecule has 0 spiro atoms. The normalized spacial score (nSPS) is 11.3. The summed E-state index contributed by atoms with van der Waals surface area (Å²) >= 11 is 0. The van der Waals surface area contributed by atoms with Gasteiger partial charge in [0.2, 0.25) is 0 Å². The van der Waals surface area contributed by atoms with E-state index in [0.717, 1.165) is 12.0 Å². The van der Waals surface area contributed by atoms with Crippen LogP contribution in [0.3, 0.4) is 0 Å². The van der Waals surface area contributed by atoms with E-state index in [-0.39, 0.29) is 0 Å². The number of pyridine rings is 1. The van der Waals surface area contributed by atoms with Crippen molar-refractivity contribution in [1.29, 1.82) is 0 Å². The molecular formula is C13H20N2O3. The molecule has 0 radical (unpaired) electrons. The Morgan fingerprint density at radius 1 is 1.56 bits per heavy atom. The van der Waals surface area contributed by atoms with Gasteiger partial charge in [-0.3, -0.25) is 0 Å². The Hall–Kier alpha value is -1.62. The Morgan fingerprint density at radius 2 is 2.22 bits per heavy atom. The molecule has 5 heteroatoms. The van der Waals surface area contributed by atoms with E-state index >= 15 is 0 Å². The zero-order valence-corrected chi connectivity index (χ0v) is 11.1. The molecular weight excluding hydrogens is 232 g/mol. The molecule has 0 unspecified atom stereocenters. The van der Waals surface area contributed by atoms with Crippen LogP contribution in [0.25, 0.3) is 0 Å². The van der Waals surface area contributed by atoms with Gasteiger partial charge in [0.15, 0.2) is 0 Å². The van der Waals surface area contributed by atoms with E-state index in [4.69, 9.17) is 5.73 Å². The van der Waals surface area contributed by atoms with Crippen molar-refractivity contribution in [2.75, 3.05) is 12.8 Å². The van der Waals surface area contributed by atoms with Gasteiger partial charge in [0.25, 0.3) is 0 Å². The smallest absolute Gasteiger partial charge is 0.339 e. The van der Waals surface area contributed by atoms with Gasteiger partial charge in [0.1, 0.15) is 5.82 Å². The van der Waals surface area contributed by atoms with Crippen molar-refractivity contribution in [3.05, 3.63) is 23.4 Å². The number of hydrogen-bond acceptors (Lipinski definition) is 5. The largest absolute Gasteiger partial charge is 0.465 e. The average Bonchev–Trinajstić information content (AvgIpc) is 2.29. The van der Waals surface area contributed by atoms with Crippen LogP contribution in [-0.2, 0) is 11.2 Å². The lowest BCUT2D eigenvalue weighted by atomic mass is 9.99. The number of aryl methyl sites for hydroxylation is 1. The number of esters is 1. The van der Waals surface area contributed by atoms with Crippen LogP contribution in [0.1, 0.15) is 42.6 Å². The molecule has 3 N–H and O–H groups in total. The second-order valence-corrected chi connectivity index (χ2v) is 4.93. The average molecular weight is 252 g/mol. The topological polar surface area (TPSA) is 85.4 Å². The van der Waals surface area contributed by atoms with E-state index in [2.05, 4.69) is 9.72 Å². The Balaban J connectivity index is 2.73. The molecule has 0 saturated heterocycles. The summed E-state index contributed by atoms with van der Waals surface area (Å²) < 4.78 is 4.63. The number of carbonyl (C=O) groups excluding carboxylic acids is 1. The second-order valence-electron chi connectivity index (χ2n) is 4.93. The van der Waals surface area contributed by atoms with Crippen molar-refractivity contribution in [3.8, 4) is 0 Å². The number of hydrogen-bond donors (Lipinski definition) is 2. The molecule has 1 heterocycles. The van der Waals surface area contributed by atoms with Gasteiger partial charge in [-0.25, -0.2) is 9.78 Å². The number of anilines is 1. The lowest BCUT2D eigenvalue weighted by Gasteiger charge is -2.16. The van der Waals surface area contributed by atoms with Crippen molar-refractivity contribution in [1.82, 2.24) is 4.98 Å². The first kappa shape index (κ1) is 14.4. The highest BCUT2D eigenvalue weighted by atomic mass is 16.5. The van der Waals surface area contributed by atoms with Crippen molar-refractivity contribution >= 4 is 11.8 Å². The first-order valence-corrected chi connectivity index (χ1v) is 5.88.